The summed E-state index contributed by atoms with van der Waals surface area (Å²) < 4.78 is 52.3. The van der Waals surface area contributed by atoms with Gasteiger partial charge in [-0.15, -0.1) is 0 Å². The molecule has 0 unspecified atom stereocenters. The maximum Gasteiger partial charge on any atom is 0.419 e. The summed E-state index contributed by atoms with van der Waals surface area (Å²) in [5, 5.41) is 0. The number of halogens is 4. The molecule has 154 valence electrons. The zero-order chi connectivity index (χ0) is 20.6. The molecule has 0 amide bonds. The van der Waals surface area contributed by atoms with Crippen LogP contribution in [-0.4, -0.2) is 33.7 Å². The standard InChI is InChI=1S/C20H20F4N4O/c21-15-5-4-12(9-14(15)20(22,23)24)10-28-8-6-16-13(11-28)19(29)27-18(26-16)17-3-1-2-7-25-17/h4-5,9H,1-3,6-8,10-11H2,(H,26,27,29). The van der Waals surface area contributed by atoms with E-state index in [0.29, 0.717) is 35.6 Å². The van der Waals surface area contributed by atoms with Gasteiger partial charge in [0.15, 0.2) is 5.82 Å². The number of rotatable bonds is 3. The average molecular weight is 408 g/mol. The van der Waals surface area contributed by atoms with E-state index in [1.807, 2.05) is 4.90 Å². The lowest BCUT2D eigenvalue weighted by molar-refractivity contribution is -0.140. The molecule has 0 spiro atoms. The molecule has 0 aliphatic carbocycles. The van der Waals surface area contributed by atoms with Gasteiger partial charge in [-0.25, -0.2) is 9.37 Å². The molecular weight excluding hydrogens is 388 g/mol. The fourth-order valence-electron chi connectivity index (χ4n) is 3.79. The van der Waals surface area contributed by atoms with Gasteiger partial charge in [0.25, 0.3) is 5.56 Å². The first kappa shape index (κ1) is 19.8. The van der Waals surface area contributed by atoms with Gasteiger partial charge in [0.05, 0.1) is 22.5 Å². The molecule has 1 aromatic heterocycles. The Morgan fingerprint density at radius 3 is 2.72 bits per heavy atom. The molecule has 5 nitrogen and oxygen atoms in total. The van der Waals surface area contributed by atoms with Crippen molar-refractivity contribution in [2.24, 2.45) is 4.99 Å². The molecule has 9 heteroatoms. The van der Waals surface area contributed by atoms with Crippen LogP contribution in [0, 0.1) is 5.82 Å². The Balaban J connectivity index is 1.54. The highest BCUT2D eigenvalue weighted by Gasteiger charge is 2.34. The van der Waals surface area contributed by atoms with E-state index in [0.717, 1.165) is 43.7 Å². The Kier molecular flexibility index (Phi) is 5.24. The van der Waals surface area contributed by atoms with E-state index in [4.69, 9.17) is 0 Å². The van der Waals surface area contributed by atoms with Crippen LogP contribution in [0.5, 0.6) is 0 Å². The molecule has 0 radical (unpaired) electrons. The Bertz CT molecular complexity index is 1010. The van der Waals surface area contributed by atoms with Gasteiger partial charge in [0, 0.05) is 32.6 Å². The maximum atomic E-state index is 13.5. The second-order valence-corrected chi connectivity index (χ2v) is 7.40. The van der Waals surface area contributed by atoms with Crippen molar-refractivity contribution >= 4 is 5.71 Å². The first-order chi connectivity index (χ1) is 13.8. The molecule has 2 aliphatic heterocycles. The van der Waals surface area contributed by atoms with Crippen molar-refractivity contribution in [3.63, 3.8) is 0 Å². The zero-order valence-electron chi connectivity index (χ0n) is 15.7. The Hall–Kier alpha value is -2.55. The third kappa shape index (κ3) is 4.24. The van der Waals surface area contributed by atoms with E-state index in [-0.39, 0.29) is 18.6 Å². The van der Waals surface area contributed by atoms with E-state index in [9.17, 15) is 22.4 Å². The van der Waals surface area contributed by atoms with Crippen LogP contribution in [0.3, 0.4) is 0 Å². The summed E-state index contributed by atoms with van der Waals surface area (Å²) in [7, 11) is 0. The Morgan fingerprint density at radius 2 is 2.00 bits per heavy atom. The number of aliphatic imine (C=N–C) groups is 1. The van der Waals surface area contributed by atoms with Crippen molar-refractivity contribution < 1.29 is 17.6 Å². The number of H-pyrrole nitrogens is 1. The summed E-state index contributed by atoms with van der Waals surface area (Å²) in [5.74, 6) is -0.765. The predicted octanol–water partition coefficient (Wildman–Crippen LogP) is 3.46. The van der Waals surface area contributed by atoms with Crippen LogP contribution < -0.4 is 5.56 Å². The fraction of sp³-hybridized carbons (Fsp3) is 0.450. The van der Waals surface area contributed by atoms with Gasteiger partial charge in [0.2, 0.25) is 0 Å². The van der Waals surface area contributed by atoms with Crippen molar-refractivity contribution in [2.45, 2.75) is 44.9 Å². The van der Waals surface area contributed by atoms with Crippen LogP contribution in [0.4, 0.5) is 17.6 Å². The smallest absolute Gasteiger partial charge is 0.305 e. The number of benzene rings is 1. The highest BCUT2D eigenvalue weighted by molar-refractivity contribution is 5.97. The lowest BCUT2D eigenvalue weighted by atomic mass is 10.0. The second-order valence-electron chi connectivity index (χ2n) is 7.40. The number of fused-ring (bicyclic) bond motifs is 1. The van der Waals surface area contributed by atoms with Crippen LogP contribution in [0.25, 0.3) is 0 Å². The second kappa shape index (κ2) is 7.70. The van der Waals surface area contributed by atoms with Gasteiger partial charge in [-0.05, 0) is 37.0 Å². The van der Waals surface area contributed by atoms with Gasteiger partial charge < -0.3 is 4.98 Å². The first-order valence-electron chi connectivity index (χ1n) is 9.55. The number of nitrogens with zero attached hydrogens (tertiary/aromatic N) is 3. The average Bonchev–Trinajstić information content (AvgIpc) is 2.69. The molecule has 29 heavy (non-hydrogen) atoms. The van der Waals surface area contributed by atoms with Crippen molar-refractivity contribution in [2.75, 3.05) is 13.1 Å². The van der Waals surface area contributed by atoms with Crippen molar-refractivity contribution in [3.8, 4) is 0 Å². The molecule has 4 rings (SSSR count). The van der Waals surface area contributed by atoms with Gasteiger partial charge >= 0.3 is 6.18 Å². The Morgan fingerprint density at radius 1 is 1.17 bits per heavy atom. The van der Waals surface area contributed by atoms with Crippen LogP contribution >= 0.6 is 0 Å². The van der Waals surface area contributed by atoms with Crippen LogP contribution in [0.1, 0.15) is 47.5 Å². The van der Waals surface area contributed by atoms with Crippen molar-refractivity contribution in [1.29, 1.82) is 0 Å². The zero-order valence-corrected chi connectivity index (χ0v) is 15.7. The topological polar surface area (TPSA) is 61.4 Å². The van der Waals surface area contributed by atoms with Crippen molar-refractivity contribution in [3.05, 3.63) is 62.6 Å². The number of alkyl halides is 3. The van der Waals surface area contributed by atoms with Crippen LogP contribution in [-0.2, 0) is 25.7 Å². The SMILES string of the molecule is O=c1[nH]c(C2=NCCCC2)nc2c1CN(Cc1ccc(F)c(C(F)(F)F)c1)CC2. The van der Waals surface area contributed by atoms with Crippen LogP contribution in [0.2, 0.25) is 0 Å². The van der Waals surface area contributed by atoms with Crippen LogP contribution in [0.15, 0.2) is 28.0 Å². The predicted molar refractivity (Wildman–Crippen MR) is 99.3 cm³/mol. The lowest BCUT2D eigenvalue weighted by Crippen LogP contribution is -2.36. The largest absolute Gasteiger partial charge is 0.419 e. The highest BCUT2D eigenvalue weighted by Crippen LogP contribution is 2.32. The summed E-state index contributed by atoms with van der Waals surface area (Å²) in [6, 6.07) is 3.01. The minimum absolute atomic E-state index is 0.191. The summed E-state index contributed by atoms with van der Waals surface area (Å²) in [4.78, 5) is 26.3. The highest BCUT2D eigenvalue weighted by atomic mass is 19.4. The molecule has 0 atom stereocenters. The first-order valence-corrected chi connectivity index (χ1v) is 9.55. The number of hydrogen-bond donors (Lipinski definition) is 1. The van der Waals surface area contributed by atoms with E-state index in [2.05, 4.69) is 15.0 Å². The van der Waals surface area contributed by atoms with Gasteiger partial charge in [-0.3, -0.25) is 14.7 Å². The van der Waals surface area contributed by atoms with Crippen molar-refractivity contribution in [1.82, 2.24) is 14.9 Å². The molecule has 0 bridgehead atoms. The molecule has 2 aliphatic rings. The van der Waals surface area contributed by atoms with E-state index >= 15 is 0 Å². The van der Waals surface area contributed by atoms with Gasteiger partial charge in [-0.1, -0.05) is 6.07 Å². The number of hydrogen-bond acceptors (Lipinski definition) is 4. The summed E-state index contributed by atoms with van der Waals surface area (Å²) in [6.45, 7) is 1.76. The fourth-order valence-corrected chi connectivity index (χ4v) is 3.79. The van der Waals surface area contributed by atoms with E-state index in [1.165, 1.54) is 6.07 Å². The Labute approximate surface area is 164 Å². The van der Waals surface area contributed by atoms with E-state index < -0.39 is 17.6 Å². The molecule has 1 N–H and O–H groups in total. The third-order valence-electron chi connectivity index (χ3n) is 5.29. The number of nitrogens with one attached hydrogen (secondary N) is 1. The molecule has 0 fully saturated rings. The summed E-state index contributed by atoms with van der Waals surface area (Å²) in [6.07, 6.45) is -1.38. The molecule has 3 heterocycles. The third-order valence-corrected chi connectivity index (χ3v) is 5.29. The monoisotopic (exact) mass is 408 g/mol. The maximum absolute atomic E-state index is 13.5. The molecule has 2 aromatic rings. The molecular formula is C20H20F4N4O. The molecule has 0 saturated carbocycles. The quantitative estimate of drug-likeness (QED) is 0.792. The minimum atomic E-state index is -4.74. The summed E-state index contributed by atoms with van der Waals surface area (Å²) in [5.41, 5.74) is 0.894. The number of aromatic amines is 1. The summed E-state index contributed by atoms with van der Waals surface area (Å²) >= 11 is 0. The normalized spacial score (nSPS) is 17.7. The molecule has 0 saturated heterocycles. The van der Waals surface area contributed by atoms with Gasteiger partial charge in [-0.2, -0.15) is 13.2 Å². The van der Waals surface area contributed by atoms with Gasteiger partial charge in [0.1, 0.15) is 5.82 Å². The minimum Gasteiger partial charge on any atom is -0.305 e. The van der Waals surface area contributed by atoms with E-state index in [1.54, 1.807) is 0 Å². The molecule has 1 aromatic carbocycles. The lowest BCUT2D eigenvalue weighted by Gasteiger charge is -2.28. The number of aromatic nitrogens is 2.